The zero-order chi connectivity index (χ0) is 13.6. The van der Waals surface area contributed by atoms with Crippen LogP contribution in [0.15, 0.2) is 4.99 Å². The lowest BCUT2D eigenvalue weighted by molar-refractivity contribution is 0.332. The Labute approximate surface area is 136 Å². The Morgan fingerprint density at radius 3 is 2.37 bits per heavy atom. The molecule has 0 aromatic heterocycles. The highest BCUT2D eigenvalue weighted by Crippen LogP contribution is 1.98. The summed E-state index contributed by atoms with van der Waals surface area (Å²) in [6.07, 6.45) is 7.48. The Bertz CT molecular complexity index is 210. The lowest BCUT2D eigenvalue weighted by atomic mass is 10.2. The van der Waals surface area contributed by atoms with Crippen molar-refractivity contribution >= 4 is 29.9 Å². The Kier molecular flexibility index (Phi) is 17.9. The average Bonchev–Trinajstić information content (AvgIpc) is 2.36. The van der Waals surface area contributed by atoms with Crippen LogP contribution in [0.2, 0.25) is 0 Å². The molecular formula is C14H33IN4. The third-order valence-corrected chi connectivity index (χ3v) is 2.99. The van der Waals surface area contributed by atoms with Gasteiger partial charge in [-0.1, -0.05) is 39.5 Å². The second kappa shape index (κ2) is 16.0. The number of hydrogen-bond donors (Lipinski definition) is 2. The molecule has 0 spiro atoms. The average molecular weight is 384 g/mol. The highest BCUT2D eigenvalue weighted by atomic mass is 127. The molecule has 0 aromatic carbocycles. The van der Waals surface area contributed by atoms with Gasteiger partial charge in [-0.2, -0.15) is 0 Å². The van der Waals surface area contributed by atoms with E-state index in [9.17, 15) is 0 Å². The van der Waals surface area contributed by atoms with E-state index in [4.69, 9.17) is 5.73 Å². The summed E-state index contributed by atoms with van der Waals surface area (Å²) in [6.45, 7) is 8.34. The highest BCUT2D eigenvalue weighted by Gasteiger charge is 1.97. The van der Waals surface area contributed by atoms with Crippen LogP contribution in [0.1, 0.15) is 52.4 Å². The van der Waals surface area contributed by atoms with Gasteiger partial charge < -0.3 is 16.0 Å². The number of nitrogens with two attached hydrogens (primary N) is 1. The van der Waals surface area contributed by atoms with E-state index in [2.05, 4.69) is 36.1 Å². The molecule has 0 aliphatic heterocycles. The van der Waals surface area contributed by atoms with Crippen LogP contribution in [0.3, 0.4) is 0 Å². The molecule has 0 unspecified atom stereocenters. The summed E-state index contributed by atoms with van der Waals surface area (Å²) in [6, 6.07) is 0. The van der Waals surface area contributed by atoms with Crippen molar-refractivity contribution in [3.8, 4) is 0 Å². The van der Waals surface area contributed by atoms with Gasteiger partial charge in [0.25, 0.3) is 0 Å². The number of rotatable bonds is 11. The Hall–Kier alpha value is -0.0400. The van der Waals surface area contributed by atoms with Gasteiger partial charge in [-0.05, 0) is 26.4 Å². The van der Waals surface area contributed by atoms with Crippen molar-refractivity contribution in [2.75, 3.05) is 33.2 Å². The number of guanidine groups is 1. The second-order valence-corrected chi connectivity index (χ2v) is 4.91. The quantitative estimate of drug-likeness (QED) is 0.249. The number of halogens is 1. The van der Waals surface area contributed by atoms with E-state index in [1.165, 1.54) is 32.1 Å². The molecule has 0 saturated carbocycles. The van der Waals surface area contributed by atoms with E-state index in [1.54, 1.807) is 0 Å². The second-order valence-electron chi connectivity index (χ2n) is 4.91. The van der Waals surface area contributed by atoms with E-state index in [-0.39, 0.29) is 24.0 Å². The minimum atomic E-state index is 0. The molecule has 0 fully saturated rings. The number of hydrogen-bond acceptors (Lipinski definition) is 2. The predicted molar refractivity (Wildman–Crippen MR) is 96.5 cm³/mol. The van der Waals surface area contributed by atoms with Crippen LogP contribution >= 0.6 is 24.0 Å². The summed E-state index contributed by atoms with van der Waals surface area (Å²) in [5, 5.41) is 3.17. The first-order valence-electron chi connectivity index (χ1n) is 7.43. The number of nitrogens with zero attached hydrogens (tertiary/aromatic N) is 2. The zero-order valence-electron chi connectivity index (χ0n) is 13.0. The SMILES string of the molecule is CCCCCCN=C(N)NCCN(C)CCCC.I. The predicted octanol–water partition coefficient (Wildman–Crippen LogP) is 2.82. The number of nitrogens with one attached hydrogen (secondary N) is 1. The summed E-state index contributed by atoms with van der Waals surface area (Å²) in [5.74, 6) is 0.593. The van der Waals surface area contributed by atoms with Gasteiger partial charge in [0.15, 0.2) is 5.96 Å². The standard InChI is InChI=1S/C14H32N4.HI/c1-4-6-8-9-10-16-14(15)17-11-13-18(3)12-7-5-2;/h4-13H2,1-3H3,(H3,15,16,17);1H. The molecule has 4 nitrogen and oxygen atoms in total. The number of unbranched alkanes of at least 4 members (excludes halogenated alkanes) is 4. The van der Waals surface area contributed by atoms with Gasteiger partial charge in [-0.3, -0.25) is 4.99 Å². The first-order valence-corrected chi connectivity index (χ1v) is 7.43. The van der Waals surface area contributed by atoms with Crippen LogP contribution in [0.25, 0.3) is 0 Å². The van der Waals surface area contributed by atoms with Crippen molar-refractivity contribution in [1.29, 1.82) is 0 Å². The van der Waals surface area contributed by atoms with Crippen molar-refractivity contribution in [3.63, 3.8) is 0 Å². The number of likely N-dealkylation sites (N-methyl/N-ethyl adjacent to an activating group) is 1. The fraction of sp³-hybridized carbons (Fsp3) is 0.929. The van der Waals surface area contributed by atoms with E-state index in [0.29, 0.717) is 5.96 Å². The minimum absolute atomic E-state index is 0. The van der Waals surface area contributed by atoms with E-state index in [1.807, 2.05) is 0 Å². The molecule has 19 heavy (non-hydrogen) atoms. The topological polar surface area (TPSA) is 53.6 Å². The fourth-order valence-corrected chi connectivity index (χ4v) is 1.71. The molecule has 0 rings (SSSR count). The molecular weight excluding hydrogens is 351 g/mol. The van der Waals surface area contributed by atoms with E-state index < -0.39 is 0 Å². The van der Waals surface area contributed by atoms with Crippen LogP contribution in [0, 0.1) is 0 Å². The monoisotopic (exact) mass is 384 g/mol. The summed E-state index contributed by atoms with van der Waals surface area (Å²) in [4.78, 5) is 6.64. The van der Waals surface area contributed by atoms with Gasteiger partial charge in [-0.25, -0.2) is 0 Å². The van der Waals surface area contributed by atoms with E-state index >= 15 is 0 Å². The maximum atomic E-state index is 5.80. The molecule has 0 aliphatic carbocycles. The molecule has 0 atom stereocenters. The van der Waals surface area contributed by atoms with E-state index in [0.717, 1.165) is 32.6 Å². The van der Waals surface area contributed by atoms with Crippen molar-refractivity contribution < 1.29 is 0 Å². The summed E-state index contributed by atoms with van der Waals surface area (Å²) in [5.41, 5.74) is 5.80. The molecule has 0 radical (unpaired) electrons. The summed E-state index contributed by atoms with van der Waals surface area (Å²) in [7, 11) is 2.15. The molecule has 0 aliphatic rings. The normalized spacial score (nSPS) is 11.5. The third-order valence-electron chi connectivity index (χ3n) is 2.99. The van der Waals surface area contributed by atoms with Crippen LogP contribution in [0.4, 0.5) is 0 Å². The smallest absolute Gasteiger partial charge is 0.188 e. The molecule has 3 N–H and O–H groups in total. The molecule has 0 aromatic rings. The van der Waals surface area contributed by atoms with Crippen LogP contribution in [-0.4, -0.2) is 44.1 Å². The summed E-state index contributed by atoms with van der Waals surface area (Å²) < 4.78 is 0. The molecule has 0 saturated heterocycles. The first kappa shape index (κ1) is 21.3. The fourth-order valence-electron chi connectivity index (χ4n) is 1.71. The van der Waals surface area contributed by atoms with Crippen molar-refractivity contribution in [2.24, 2.45) is 10.7 Å². The Morgan fingerprint density at radius 1 is 1.05 bits per heavy atom. The maximum Gasteiger partial charge on any atom is 0.188 e. The van der Waals surface area contributed by atoms with Gasteiger partial charge in [0.05, 0.1) is 0 Å². The number of aliphatic imine (C=N–C) groups is 1. The molecule has 5 heteroatoms. The van der Waals surface area contributed by atoms with Crippen molar-refractivity contribution in [1.82, 2.24) is 10.2 Å². The van der Waals surface area contributed by atoms with Crippen LogP contribution < -0.4 is 11.1 Å². The zero-order valence-corrected chi connectivity index (χ0v) is 15.3. The molecule has 0 amide bonds. The van der Waals surface area contributed by atoms with Crippen LogP contribution in [-0.2, 0) is 0 Å². The third kappa shape index (κ3) is 15.9. The lowest BCUT2D eigenvalue weighted by Crippen LogP contribution is -2.37. The molecule has 0 bridgehead atoms. The van der Waals surface area contributed by atoms with Gasteiger partial charge in [-0.15, -0.1) is 24.0 Å². The highest BCUT2D eigenvalue weighted by molar-refractivity contribution is 14.0. The minimum Gasteiger partial charge on any atom is -0.370 e. The van der Waals surface area contributed by atoms with Gasteiger partial charge >= 0.3 is 0 Å². The van der Waals surface area contributed by atoms with Crippen molar-refractivity contribution in [3.05, 3.63) is 0 Å². The molecule has 116 valence electrons. The maximum absolute atomic E-state index is 5.80. The van der Waals surface area contributed by atoms with Crippen molar-refractivity contribution in [2.45, 2.75) is 52.4 Å². The largest absolute Gasteiger partial charge is 0.370 e. The Morgan fingerprint density at radius 2 is 1.74 bits per heavy atom. The lowest BCUT2D eigenvalue weighted by Gasteiger charge is -2.16. The molecule has 0 heterocycles. The first-order chi connectivity index (χ1) is 8.70. The van der Waals surface area contributed by atoms with Crippen LogP contribution in [0.5, 0.6) is 0 Å². The van der Waals surface area contributed by atoms with Gasteiger partial charge in [0, 0.05) is 19.6 Å². The summed E-state index contributed by atoms with van der Waals surface area (Å²) >= 11 is 0. The van der Waals surface area contributed by atoms with Gasteiger partial charge in [0.1, 0.15) is 0 Å². The Balaban J connectivity index is 0. The van der Waals surface area contributed by atoms with Gasteiger partial charge in [0.2, 0.25) is 0 Å².